The minimum absolute atomic E-state index is 0.119. The summed E-state index contributed by atoms with van der Waals surface area (Å²) in [4.78, 5) is 11.7. The number of carbonyl (C=O) groups is 1. The van der Waals surface area contributed by atoms with Crippen LogP contribution in [-0.2, 0) is 13.0 Å². The SMILES string of the molecule is O=C(NCc1ccon1)NC(CO)Cc1ccccc1. The summed E-state index contributed by atoms with van der Waals surface area (Å²) >= 11 is 0. The maximum atomic E-state index is 11.7. The van der Waals surface area contributed by atoms with Crippen LogP contribution in [-0.4, -0.2) is 28.9 Å². The molecule has 0 bridgehead atoms. The summed E-state index contributed by atoms with van der Waals surface area (Å²) in [6.07, 6.45) is 2.02. The molecule has 6 nitrogen and oxygen atoms in total. The van der Waals surface area contributed by atoms with E-state index in [4.69, 9.17) is 0 Å². The van der Waals surface area contributed by atoms with Gasteiger partial charge < -0.3 is 20.3 Å². The molecule has 2 aromatic rings. The monoisotopic (exact) mass is 275 g/mol. The number of nitrogens with zero attached hydrogens (tertiary/aromatic N) is 1. The number of aromatic nitrogens is 1. The molecule has 0 spiro atoms. The summed E-state index contributed by atoms with van der Waals surface area (Å²) in [7, 11) is 0. The third-order valence-corrected chi connectivity index (χ3v) is 2.80. The van der Waals surface area contributed by atoms with Crippen molar-refractivity contribution >= 4 is 6.03 Å². The largest absolute Gasteiger partial charge is 0.394 e. The van der Waals surface area contributed by atoms with Crippen molar-refractivity contribution in [3.63, 3.8) is 0 Å². The van der Waals surface area contributed by atoms with Crippen LogP contribution in [0.5, 0.6) is 0 Å². The highest BCUT2D eigenvalue weighted by molar-refractivity contribution is 5.74. The van der Waals surface area contributed by atoms with Crippen molar-refractivity contribution in [3.05, 3.63) is 53.9 Å². The Morgan fingerprint density at radius 2 is 2.10 bits per heavy atom. The van der Waals surface area contributed by atoms with Gasteiger partial charge in [0, 0.05) is 6.07 Å². The number of nitrogens with one attached hydrogen (secondary N) is 2. The van der Waals surface area contributed by atoms with E-state index in [0.29, 0.717) is 12.1 Å². The summed E-state index contributed by atoms with van der Waals surface area (Å²) in [5, 5.41) is 18.4. The van der Waals surface area contributed by atoms with E-state index >= 15 is 0 Å². The maximum absolute atomic E-state index is 11.7. The van der Waals surface area contributed by atoms with Gasteiger partial charge in [0.1, 0.15) is 12.0 Å². The van der Waals surface area contributed by atoms with E-state index in [1.807, 2.05) is 30.3 Å². The number of hydrogen-bond donors (Lipinski definition) is 3. The standard InChI is InChI=1S/C14H17N3O3/c18-10-13(8-11-4-2-1-3-5-11)16-14(19)15-9-12-6-7-20-17-12/h1-7,13,18H,8-10H2,(H2,15,16,19). The van der Waals surface area contributed by atoms with Crippen LogP contribution < -0.4 is 10.6 Å². The van der Waals surface area contributed by atoms with E-state index in [0.717, 1.165) is 5.56 Å². The molecule has 0 saturated carbocycles. The van der Waals surface area contributed by atoms with Crippen LogP contribution in [0.2, 0.25) is 0 Å². The van der Waals surface area contributed by atoms with E-state index in [-0.39, 0.29) is 25.2 Å². The molecular formula is C14H17N3O3. The fraction of sp³-hybridized carbons (Fsp3) is 0.286. The molecule has 3 N–H and O–H groups in total. The molecule has 1 atom stereocenters. The van der Waals surface area contributed by atoms with Crippen molar-refractivity contribution < 1.29 is 14.4 Å². The van der Waals surface area contributed by atoms with E-state index in [1.54, 1.807) is 6.07 Å². The number of aliphatic hydroxyl groups excluding tert-OH is 1. The van der Waals surface area contributed by atoms with Crippen molar-refractivity contribution in [1.29, 1.82) is 0 Å². The first-order valence-electron chi connectivity index (χ1n) is 6.36. The highest BCUT2D eigenvalue weighted by Crippen LogP contribution is 2.02. The number of urea groups is 1. The molecule has 2 amide bonds. The van der Waals surface area contributed by atoms with Crippen molar-refractivity contribution in [2.75, 3.05) is 6.61 Å². The lowest BCUT2D eigenvalue weighted by Crippen LogP contribution is -2.44. The zero-order valence-electron chi connectivity index (χ0n) is 11.0. The third kappa shape index (κ3) is 4.40. The molecule has 6 heteroatoms. The molecule has 0 aliphatic carbocycles. The molecule has 0 aliphatic rings. The lowest BCUT2D eigenvalue weighted by molar-refractivity contribution is 0.215. The molecule has 1 heterocycles. The molecular weight excluding hydrogens is 258 g/mol. The van der Waals surface area contributed by atoms with Gasteiger partial charge in [-0.25, -0.2) is 4.79 Å². The van der Waals surface area contributed by atoms with Gasteiger partial charge in [-0.2, -0.15) is 0 Å². The van der Waals surface area contributed by atoms with Gasteiger partial charge in [0.2, 0.25) is 0 Å². The second-order valence-electron chi connectivity index (χ2n) is 4.39. The Labute approximate surface area is 116 Å². The Bertz CT molecular complexity index is 514. The molecule has 106 valence electrons. The number of carbonyl (C=O) groups excluding carboxylic acids is 1. The average molecular weight is 275 g/mol. The average Bonchev–Trinajstić information content (AvgIpc) is 2.99. The molecule has 1 unspecified atom stereocenters. The van der Waals surface area contributed by atoms with Gasteiger partial charge in [0.25, 0.3) is 0 Å². The van der Waals surface area contributed by atoms with Crippen molar-refractivity contribution in [2.45, 2.75) is 19.0 Å². The first-order chi connectivity index (χ1) is 9.78. The number of rotatable bonds is 6. The van der Waals surface area contributed by atoms with Gasteiger partial charge in [0.05, 0.1) is 19.2 Å². The lowest BCUT2D eigenvalue weighted by Gasteiger charge is -2.16. The normalized spacial score (nSPS) is 11.8. The Morgan fingerprint density at radius 1 is 1.30 bits per heavy atom. The fourth-order valence-corrected chi connectivity index (χ4v) is 1.80. The van der Waals surface area contributed by atoms with Crippen molar-refractivity contribution in [1.82, 2.24) is 15.8 Å². The molecule has 0 radical (unpaired) electrons. The van der Waals surface area contributed by atoms with Crippen LogP contribution in [0, 0.1) is 0 Å². The predicted molar refractivity (Wildman–Crippen MR) is 72.9 cm³/mol. The van der Waals surface area contributed by atoms with E-state index in [1.165, 1.54) is 6.26 Å². The zero-order chi connectivity index (χ0) is 14.2. The quantitative estimate of drug-likeness (QED) is 0.736. The Balaban J connectivity index is 1.79. The first kappa shape index (κ1) is 14.1. The van der Waals surface area contributed by atoms with Gasteiger partial charge in [-0.05, 0) is 12.0 Å². The van der Waals surface area contributed by atoms with E-state index in [2.05, 4.69) is 20.3 Å². The van der Waals surface area contributed by atoms with Crippen LogP contribution >= 0.6 is 0 Å². The van der Waals surface area contributed by atoms with Gasteiger partial charge in [-0.1, -0.05) is 35.5 Å². The molecule has 1 aromatic heterocycles. The van der Waals surface area contributed by atoms with Crippen LogP contribution in [0.4, 0.5) is 4.79 Å². The van der Waals surface area contributed by atoms with E-state index in [9.17, 15) is 9.90 Å². The predicted octanol–water partition coefficient (Wildman–Crippen LogP) is 1.08. The van der Waals surface area contributed by atoms with Gasteiger partial charge in [0.15, 0.2) is 0 Å². The third-order valence-electron chi connectivity index (χ3n) is 2.80. The van der Waals surface area contributed by atoms with Crippen molar-refractivity contribution in [3.8, 4) is 0 Å². The smallest absolute Gasteiger partial charge is 0.315 e. The second-order valence-corrected chi connectivity index (χ2v) is 4.39. The second kappa shape index (κ2) is 7.30. The molecule has 0 fully saturated rings. The van der Waals surface area contributed by atoms with Gasteiger partial charge >= 0.3 is 6.03 Å². The van der Waals surface area contributed by atoms with Crippen LogP contribution in [0.25, 0.3) is 0 Å². The number of hydrogen-bond acceptors (Lipinski definition) is 4. The van der Waals surface area contributed by atoms with Crippen LogP contribution in [0.15, 0.2) is 47.2 Å². The van der Waals surface area contributed by atoms with E-state index < -0.39 is 0 Å². The summed E-state index contributed by atoms with van der Waals surface area (Å²) in [5.74, 6) is 0. The highest BCUT2D eigenvalue weighted by atomic mass is 16.5. The molecule has 2 rings (SSSR count). The van der Waals surface area contributed by atoms with Crippen molar-refractivity contribution in [2.24, 2.45) is 0 Å². The summed E-state index contributed by atoms with van der Waals surface area (Å²) in [6.45, 7) is 0.165. The molecule has 0 aliphatic heterocycles. The minimum atomic E-state index is -0.344. The van der Waals surface area contributed by atoms with Gasteiger partial charge in [-0.15, -0.1) is 0 Å². The number of amides is 2. The lowest BCUT2D eigenvalue weighted by atomic mass is 10.1. The summed E-state index contributed by atoms with van der Waals surface area (Å²) in [5.41, 5.74) is 1.70. The van der Waals surface area contributed by atoms with Gasteiger partial charge in [-0.3, -0.25) is 0 Å². The molecule has 1 aromatic carbocycles. The Kier molecular flexibility index (Phi) is 5.14. The highest BCUT2D eigenvalue weighted by Gasteiger charge is 2.12. The number of aliphatic hydroxyl groups is 1. The fourth-order valence-electron chi connectivity index (χ4n) is 1.80. The topological polar surface area (TPSA) is 87.4 Å². The zero-order valence-corrected chi connectivity index (χ0v) is 11.0. The summed E-state index contributed by atoms with van der Waals surface area (Å²) in [6, 6.07) is 10.7. The Morgan fingerprint density at radius 3 is 2.75 bits per heavy atom. The Hall–Kier alpha value is -2.34. The maximum Gasteiger partial charge on any atom is 0.315 e. The van der Waals surface area contributed by atoms with Crippen LogP contribution in [0.3, 0.4) is 0 Å². The minimum Gasteiger partial charge on any atom is -0.394 e. The molecule has 20 heavy (non-hydrogen) atoms. The summed E-state index contributed by atoms with van der Waals surface area (Å²) < 4.78 is 4.67. The first-order valence-corrected chi connectivity index (χ1v) is 6.36. The molecule has 0 saturated heterocycles. The number of benzene rings is 1. The van der Waals surface area contributed by atoms with Crippen LogP contribution in [0.1, 0.15) is 11.3 Å².